The molecule has 2 aliphatic heterocycles. The number of aliphatic hydroxyl groups excluding tert-OH is 1. The number of nitrogen functional groups attached to an aromatic ring is 1. The van der Waals surface area contributed by atoms with Gasteiger partial charge in [-0.3, -0.25) is 9.36 Å². The van der Waals surface area contributed by atoms with E-state index < -0.39 is 6.10 Å². The Morgan fingerprint density at radius 2 is 1.82 bits per heavy atom. The van der Waals surface area contributed by atoms with Crippen molar-refractivity contribution in [2.75, 3.05) is 61.5 Å². The topological polar surface area (TPSA) is 152 Å². The molecular formula is C25H36N10O3. The van der Waals surface area contributed by atoms with E-state index in [1.54, 1.807) is 17.3 Å². The standard InChI is InChI=1S/C25H36N10O3/c1-15(2)13-35-22-19(29-25(35)33-7-5-32(6-8-33)23(37)17(4)36)21(34-9-10-38-14-16(34)3)30-20(31-22)18-11-27-24(26)28-12-18/h11-12,15-17,36H,5-10,13-14H2,1-4H3,(H2,26,27,28)/t16-,17?/m0/s1. The number of nitrogens with zero attached hydrogens (tertiary/aromatic N) is 9. The number of fused-ring (bicyclic) bond motifs is 1. The van der Waals surface area contributed by atoms with Gasteiger partial charge in [0, 0.05) is 51.7 Å². The van der Waals surface area contributed by atoms with Crippen molar-refractivity contribution in [1.29, 1.82) is 0 Å². The molecule has 204 valence electrons. The van der Waals surface area contributed by atoms with Crippen LogP contribution < -0.4 is 15.5 Å². The highest BCUT2D eigenvalue weighted by Crippen LogP contribution is 2.33. The third-order valence-electron chi connectivity index (χ3n) is 6.91. The van der Waals surface area contributed by atoms with Crippen LogP contribution in [0.15, 0.2) is 12.4 Å². The number of carbonyl (C=O) groups excluding carboxylic acids is 1. The zero-order valence-electron chi connectivity index (χ0n) is 22.4. The van der Waals surface area contributed by atoms with Crippen LogP contribution in [0, 0.1) is 5.92 Å². The van der Waals surface area contributed by atoms with E-state index >= 15 is 0 Å². The Hall–Kier alpha value is -3.58. The summed E-state index contributed by atoms with van der Waals surface area (Å²) in [5.41, 5.74) is 7.88. The minimum Gasteiger partial charge on any atom is -0.384 e. The summed E-state index contributed by atoms with van der Waals surface area (Å²) in [4.78, 5) is 41.8. The molecule has 1 unspecified atom stereocenters. The average molecular weight is 525 g/mol. The number of nitrogens with two attached hydrogens (primary N) is 1. The van der Waals surface area contributed by atoms with E-state index in [0.717, 1.165) is 22.9 Å². The van der Waals surface area contributed by atoms with Crippen LogP contribution in [-0.2, 0) is 16.1 Å². The molecular weight excluding hydrogens is 488 g/mol. The molecule has 0 saturated carbocycles. The van der Waals surface area contributed by atoms with Gasteiger partial charge in [-0.1, -0.05) is 13.8 Å². The Labute approximate surface area is 221 Å². The van der Waals surface area contributed by atoms with Crippen molar-refractivity contribution in [3.8, 4) is 11.4 Å². The Morgan fingerprint density at radius 3 is 2.45 bits per heavy atom. The van der Waals surface area contributed by atoms with Crippen molar-refractivity contribution in [3.63, 3.8) is 0 Å². The predicted molar refractivity (Wildman–Crippen MR) is 144 cm³/mol. The van der Waals surface area contributed by atoms with Crippen LogP contribution in [0.1, 0.15) is 27.7 Å². The fraction of sp³-hybridized carbons (Fsp3) is 0.600. The molecule has 0 aromatic carbocycles. The number of amides is 1. The van der Waals surface area contributed by atoms with Crippen LogP contribution in [0.25, 0.3) is 22.6 Å². The lowest BCUT2D eigenvalue weighted by Crippen LogP contribution is -2.51. The number of morpholine rings is 1. The lowest BCUT2D eigenvalue weighted by Gasteiger charge is -2.36. The number of rotatable bonds is 6. The summed E-state index contributed by atoms with van der Waals surface area (Å²) in [6.45, 7) is 12.8. The monoisotopic (exact) mass is 524 g/mol. The first-order valence-corrected chi connectivity index (χ1v) is 13.1. The van der Waals surface area contributed by atoms with Crippen LogP contribution >= 0.6 is 0 Å². The van der Waals surface area contributed by atoms with Gasteiger partial charge >= 0.3 is 0 Å². The van der Waals surface area contributed by atoms with E-state index in [2.05, 4.69) is 45.1 Å². The van der Waals surface area contributed by atoms with Gasteiger partial charge in [0.2, 0.25) is 11.9 Å². The molecule has 0 radical (unpaired) electrons. The smallest absolute Gasteiger partial charge is 0.251 e. The van der Waals surface area contributed by atoms with Crippen LogP contribution in [0.5, 0.6) is 0 Å². The molecule has 2 atom stereocenters. The lowest BCUT2D eigenvalue weighted by atomic mass is 10.2. The van der Waals surface area contributed by atoms with Gasteiger partial charge in [-0.25, -0.2) is 24.9 Å². The first kappa shape index (κ1) is 26.0. The van der Waals surface area contributed by atoms with Crippen molar-refractivity contribution >= 4 is 34.8 Å². The summed E-state index contributed by atoms with van der Waals surface area (Å²) >= 11 is 0. The van der Waals surface area contributed by atoms with Gasteiger partial charge in [-0.2, -0.15) is 0 Å². The highest BCUT2D eigenvalue weighted by atomic mass is 16.5. The van der Waals surface area contributed by atoms with E-state index in [9.17, 15) is 9.90 Å². The third kappa shape index (κ3) is 5.07. The Kier molecular flexibility index (Phi) is 7.30. The van der Waals surface area contributed by atoms with Gasteiger partial charge in [0.05, 0.1) is 24.8 Å². The zero-order chi connectivity index (χ0) is 27.0. The molecule has 2 aliphatic rings. The molecule has 5 rings (SSSR count). The van der Waals surface area contributed by atoms with E-state index in [4.69, 9.17) is 25.4 Å². The van der Waals surface area contributed by atoms with Crippen molar-refractivity contribution in [2.45, 2.75) is 46.4 Å². The number of hydrogen-bond donors (Lipinski definition) is 2. The Bertz CT molecular complexity index is 1280. The number of imidazole rings is 1. The van der Waals surface area contributed by atoms with E-state index in [1.807, 2.05) is 0 Å². The molecule has 38 heavy (non-hydrogen) atoms. The quantitative estimate of drug-likeness (QED) is 0.470. The van der Waals surface area contributed by atoms with Gasteiger partial charge in [0.25, 0.3) is 5.91 Å². The molecule has 13 heteroatoms. The number of ether oxygens (including phenoxy) is 1. The molecule has 1 amide bonds. The molecule has 3 N–H and O–H groups in total. The van der Waals surface area contributed by atoms with Gasteiger partial charge in [-0.05, 0) is 19.8 Å². The normalized spacial score (nSPS) is 19.4. The lowest BCUT2D eigenvalue weighted by molar-refractivity contribution is -0.139. The molecule has 3 aromatic heterocycles. The van der Waals surface area contributed by atoms with Crippen LogP contribution in [0.3, 0.4) is 0 Å². The average Bonchev–Trinajstić information content (AvgIpc) is 3.26. The van der Waals surface area contributed by atoms with Crippen molar-refractivity contribution in [2.24, 2.45) is 5.92 Å². The number of carbonyl (C=O) groups is 1. The van der Waals surface area contributed by atoms with Crippen molar-refractivity contribution < 1.29 is 14.6 Å². The number of aliphatic hydroxyl groups is 1. The minimum atomic E-state index is -1.00. The SMILES string of the molecule is CC(C)Cn1c(N2CCN(C(=O)C(C)O)CC2)nc2c(N3CCOC[C@@H]3C)nc(-c3cnc(N)nc3)nc21. The summed E-state index contributed by atoms with van der Waals surface area (Å²) in [6, 6.07) is 0.117. The maximum Gasteiger partial charge on any atom is 0.251 e. The van der Waals surface area contributed by atoms with Crippen LogP contribution in [-0.4, -0.2) is 103 Å². The first-order chi connectivity index (χ1) is 18.2. The van der Waals surface area contributed by atoms with Gasteiger partial charge in [0.1, 0.15) is 6.10 Å². The molecule has 2 saturated heterocycles. The second-order valence-corrected chi connectivity index (χ2v) is 10.4. The largest absolute Gasteiger partial charge is 0.384 e. The molecule has 0 bridgehead atoms. The van der Waals surface area contributed by atoms with Gasteiger partial charge < -0.3 is 30.3 Å². The third-order valence-corrected chi connectivity index (χ3v) is 6.91. The summed E-state index contributed by atoms with van der Waals surface area (Å²) < 4.78 is 7.85. The number of hydrogen-bond acceptors (Lipinski definition) is 11. The summed E-state index contributed by atoms with van der Waals surface area (Å²) in [5, 5.41) is 9.74. The molecule has 3 aromatic rings. The Morgan fingerprint density at radius 1 is 1.11 bits per heavy atom. The molecule has 13 nitrogen and oxygen atoms in total. The van der Waals surface area contributed by atoms with E-state index in [1.165, 1.54) is 6.92 Å². The van der Waals surface area contributed by atoms with Crippen LogP contribution in [0.4, 0.5) is 17.7 Å². The van der Waals surface area contributed by atoms with Crippen molar-refractivity contribution in [1.82, 2.24) is 34.4 Å². The van der Waals surface area contributed by atoms with Crippen LogP contribution in [0.2, 0.25) is 0 Å². The number of anilines is 3. The summed E-state index contributed by atoms with van der Waals surface area (Å²) in [6.07, 6.45) is 2.27. The van der Waals surface area contributed by atoms with Crippen molar-refractivity contribution in [3.05, 3.63) is 12.4 Å². The fourth-order valence-corrected chi connectivity index (χ4v) is 4.97. The molecule has 0 aliphatic carbocycles. The first-order valence-electron chi connectivity index (χ1n) is 13.1. The minimum absolute atomic E-state index is 0.117. The second kappa shape index (κ2) is 10.7. The highest BCUT2D eigenvalue weighted by molar-refractivity contribution is 5.88. The second-order valence-electron chi connectivity index (χ2n) is 10.4. The Balaban J connectivity index is 1.62. The molecule has 5 heterocycles. The van der Waals surface area contributed by atoms with E-state index in [0.29, 0.717) is 69.8 Å². The van der Waals surface area contributed by atoms with E-state index in [-0.39, 0.29) is 17.9 Å². The van der Waals surface area contributed by atoms with Gasteiger partial charge in [-0.15, -0.1) is 0 Å². The molecule has 2 fully saturated rings. The number of aromatic nitrogens is 6. The molecule has 0 spiro atoms. The number of piperazine rings is 1. The fourth-order valence-electron chi connectivity index (χ4n) is 4.97. The van der Waals surface area contributed by atoms with Gasteiger partial charge in [0.15, 0.2) is 22.8 Å². The maximum absolute atomic E-state index is 12.3. The predicted octanol–water partition coefficient (Wildman–Crippen LogP) is 0.776. The zero-order valence-corrected chi connectivity index (χ0v) is 22.4. The maximum atomic E-state index is 12.3. The summed E-state index contributed by atoms with van der Waals surface area (Å²) in [5.74, 6) is 2.36. The highest BCUT2D eigenvalue weighted by Gasteiger charge is 2.31. The summed E-state index contributed by atoms with van der Waals surface area (Å²) in [7, 11) is 0.